The van der Waals surface area contributed by atoms with Gasteiger partial charge in [0.15, 0.2) is 0 Å². The van der Waals surface area contributed by atoms with Crippen LogP contribution in [0.1, 0.15) is 31.5 Å². The number of rotatable bonds is 7. The number of hydrogen-bond donors (Lipinski definition) is 1. The second-order valence-electron chi connectivity index (χ2n) is 3.63. The van der Waals surface area contributed by atoms with Crippen LogP contribution in [0.15, 0.2) is 24.4 Å². The molecule has 0 radical (unpaired) electrons. The average Bonchev–Trinajstić information content (AvgIpc) is 2.30. The van der Waals surface area contributed by atoms with Gasteiger partial charge in [0.05, 0.1) is 5.69 Å². The molecule has 1 rings (SSSR count). The minimum absolute atomic E-state index is 0.328. The van der Waals surface area contributed by atoms with Crippen molar-refractivity contribution in [3.8, 4) is 0 Å². The molecule has 0 saturated carbocycles. The predicted molar refractivity (Wildman–Crippen MR) is 61.8 cm³/mol. The Labute approximate surface area is 91.9 Å². The summed E-state index contributed by atoms with van der Waals surface area (Å²) in [4.78, 5) is 4.31. The van der Waals surface area contributed by atoms with Gasteiger partial charge in [-0.05, 0) is 38.4 Å². The van der Waals surface area contributed by atoms with Crippen LogP contribution in [0.5, 0.6) is 0 Å². The first-order valence-corrected chi connectivity index (χ1v) is 5.48. The molecule has 3 nitrogen and oxygen atoms in total. The molecule has 84 valence electrons. The molecular formula is C12H20N2O. The van der Waals surface area contributed by atoms with Crippen LogP contribution in [-0.4, -0.2) is 25.2 Å². The van der Waals surface area contributed by atoms with E-state index in [0.29, 0.717) is 6.04 Å². The monoisotopic (exact) mass is 208 g/mol. The van der Waals surface area contributed by atoms with Gasteiger partial charge in [0.25, 0.3) is 0 Å². The highest BCUT2D eigenvalue weighted by Crippen LogP contribution is 2.07. The van der Waals surface area contributed by atoms with Crippen LogP contribution in [-0.2, 0) is 4.74 Å². The number of unbranched alkanes of at least 4 members (excludes halogenated alkanes) is 1. The number of nitrogens with zero attached hydrogens (tertiary/aromatic N) is 1. The summed E-state index contributed by atoms with van der Waals surface area (Å²) in [5.41, 5.74) is 1.10. The van der Waals surface area contributed by atoms with Crippen molar-refractivity contribution in [3.63, 3.8) is 0 Å². The van der Waals surface area contributed by atoms with Crippen LogP contribution in [0.25, 0.3) is 0 Å². The molecule has 3 heteroatoms. The van der Waals surface area contributed by atoms with Crippen molar-refractivity contribution in [2.24, 2.45) is 0 Å². The molecule has 1 aromatic rings. The van der Waals surface area contributed by atoms with Crippen molar-refractivity contribution in [1.82, 2.24) is 10.3 Å². The summed E-state index contributed by atoms with van der Waals surface area (Å²) in [6.45, 7) is 4.00. The molecular weight excluding hydrogens is 188 g/mol. The number of ether oxygens (including phenoxy) is 1. The first-order valence-electron chi connectivity index (χ1n) is 5.48. The second-order valence-corrected chi connectivity index (χ2v) is 3.63. The van der Waals surface area contributed by atoms with Crippen molar-refractivity contribution < 1.29 is 4.74 Å². The minimum Gasteiger partial charge on any atom is -0.385 e. The third-order valence-electron chi connectivity index (χ3n) is 2.36. The van der Waals surface area contributed by atoms with Gasteiger partial charge in [0.1, 0.15) is 0 Å². The molecule has 1 N–H and O–H groups in total. The van der Waals surface area contributed by atoms with E-state index in [9.17, 15) is 0 Å². The van der Waals surface area contributed by atoms with Gasteiger partial charge in [-0.2, -0.15) is 0 Å². The lowest BCUT2D eigenvalue weighted by atomic mass is 10.2. The van der Waals surface area contributed by atoms with E-state index in [1.54, 1.807) is 7.11 Å². The van der Waals surface area contributed by atoms with E-state index in [2.05, 4.69) is 17.2 Å². The molecule has 1 heterocycles. The van der Waals surface area contributed by atoms with Gasteiger partial charge in [0, 0.05) is 26.0 Å². The third-order valence-corrected chi connectivity index (χ3v) is 2.36. The molecule has 0 aliphatic heterocycles. The van der Waals surface area contributed by atoms with E-state index in [1.165, 1.54) is 0 Å². The standard InChI is InChI=1S/C12H20N2O/c1-11(12-7-3-4-9-14-12)13-8-5-6-10-15-2/h3-4,7,9,11,13H,5-6,8,10H2,1-2H3/t11-/m0/s1. The Kier molecular flexibility index (Phi) is 5.97. The Morgan fingerprint density at radius 1 is 1.40 bits per heavy atom. The molecule has 0 amide bonds. The highest BCUT2D eigenvalue weighted by molar-refractivity contribution is 5.07. The Morgan fingerprint density at radius 2 is 2.27 bits per heavy atom. The first kappa shape index (κ1) is 12.1. The number of aromatic nitrogens is 1. The molecule has 1 aromatic heterocycles. The van der Waals surface area contributed by atoms with E-state index in [4.69, 9.17) is 4.74 Å². The van der Waals surface area contributed by atoms with Gasteiger partial charge in [-0.3, -0.25) is 4.98 Å². The van der Waals surface area contributed by atoms with Gasteiger partial charge in [-0.1, -0.05) is 6.07 Å². The van der Waals surface area contributed by atoms with Crippen LogP contribution in [0.3, 0.4) is 0 Å². The summed E-state index contributed by atoms with van der Waals surface area (Å²) in [7, 11) is 1.74. The Balaban J connectivity index is 2.16. The lowest BCUT2D eigenvalue weighted by Gasteiger charge is -2.12. The number of methoxy groups -OCH3 is 1. The van der Waals surface area contributed by atoms with Crippen molar-refractivity contribution in [2.45, 2.75) is 25.8 Å². The van der Waals surface area contributed by atoms with E-state index >= 15 is 0 Å². The molecule has 15 heavy (non-hydrogen) atoms. The number of pyridine rings is 1. The summed E-state index contributed by atoms with van der Waals surface area (Å²) in [5, 5.41) is 3.44. The zero-order valence-electron chi connectivity index (χ0n) is 9.57. The van der Waals surface area contributed by atoms with Crippen LogP contribution in [0, 0.1) is 0 Å². The van der Waals surface area contributed by atoms with Crippen LogP contribution in [0.2, 0.25) is 0 Å². The Hall–Kier alpha value is -0.930. The summed E-state index contributed by atoms with van der Waals surface area (Å²) in [6.07, 6.45) is 4.09. The predicted octanol–water partition coefficient (Wildman–Crippen LogP) is 2.16. The van der Waals surface area contributed by atoms with Gasteiger partial charge < -0.3 is 10.1 Å². The Bertz CT molecular complexity index is 251. The number of hydrogen-bond acceptors (Lipinski definition) is 3. The largest absolute Gasteiger partial charge is 0.385 e. The summed E-state index contributed by atoms with van der Waals surface area (Å²) in [5.74, 6) is 0. The van der Waals surface area contributed by atoms with Gasteiger partial charge >= 0.3 is 0 Å². The lowest BCUT2D eigenvalue weighted by molar-refractivity contribution is 0.192. The zero-order valence-corrected chi connectivity index (χ0v) is 9.57. The minimum atomic E-state index is 0.328. The summed E-state index contributed by atoms with van der Waals surface area (Å²) >= 11 is 0. The van der Waals surface area contributed by atoms with Crippen molar-refractivity contribution in [1.29, 1.82) is 0 Å². The zero-order chi connectivity index (χ0) is 10.9. The fourth-order valence-electron chi connectivity index (χ4n) is 1.43. The van der Waals surface area contributed by atoms with Crippen LogP contribution < -0.4 is 5.32 Å². The normalized spacial score (nSPS) is 12.7. The summed E-state index contributed by atoms with van der Waals surface area (Å²) in [6, 6.07) is 6.33. The van der Waals surface area contributed by atoms with Gasteiger partial charge in [-0.25, -0.2) is 0 Å². The first-order chi connectivity index (χ1) is 7.34. The molecule has 0 aliphatic rings. The molecule has 0 aromatic carbocycles. The average molecular weight is 208 g/mol. The molecule has 0 fully saturated rings. The van der Waals surface area contributed by atoms with Crippen LogP contribution in [0.4, 0.5) is 0 Å². The lowest BCUT2D eigenvalue weighted by Crippen LogP contribution is -2.20. The molecule has 1 atom stereocenters. The van der Waals surface area contributed by atoms with E-state index in [0.717, 1.165) is 31.7 Å². The fourth-order valence-corrected chi connectivity index (χ4v) is 1.43. The third kappa shape index (κ3) is 4.91. The maximum atomic E-state index is 4.99. The smallest absolute Gasteiger partial charge is 0.0570 e. The van der Waals surface area contributed by atoms with E-state index < -0.39 is 0 Å². The highest BCUT2D eigenvalue weighted by atomic mass is 16.5. The number of nitrogens with one attached hydrogen (secondary N) is 1. The second kappa shape index (κ2) is 7.37. The molecule has 0 aliphatic carbocycles. The van der Waals surface area contributed by atoms with Crippen molar-refractivity contribution >= 4 is 0 Å². The van der Waals surface area contributed by atoms with E-state index in [1.807, 2.05) is 24.4 Å². The van der Waals surface area contributed by atoms with E-state index in [-0.39, 0.29) is 0 Å². The maximum absolute atomic E-state index is 4.99. The van der Waals surface area contributed by atoms with Gasteiger partial charge in [-0.15, -0.1) is 0 Å². The fraction of sp³-hybridized carbons (Fsp3) is 0.583. The SMILES string of the molecule is COCCCCN[C@@H](C)c1ccccn1. The quantitative estimate of drug-likeness (QED) is 0.697. The highest BCUT2D eigenvalue weighted by Gasteiger charge is 2.03. The van der Waals surface area contributed by atoms with Gasteiger partial charge in [0.2, 0.25) is 0 Å². The molecule has 0 unspecified atom stereocenters. The Morgan fingerprint density at radius 3 is 2.93 bits per heavy atom. The molecule has 0 bridgehead atoms. The summed E-state index contributed by atoms with van der Waals surface area (Å²) < 4.78 is 4.99. The topological polar surface area (TPSA) is 34.1 Å². The van der Waals surface area contributed by atoms with Crippen LogP contribution >= 0.6 is 0 Å². The van der Waals surface area contributed by atoms with Crippen molar-refractivity contribution in [2.75, 3.05) is 20.3 Å². The maximum Gasteiger partial charge on any atom is 0.0570 e. The molecule has 0 spiro atoms. The molecule has 0 saturated heterocycles. The van der Waals surface area contributed by atoms with Crippen molar-refractivity contribution in [3.05, 3.63) is 30.1 Å².